The number of nitrogens with zero attached hydrogens (tertiary/aromatic N) is 2. The molecule has 17 heavy (non-hydrogen) atoms. The number of rotatable bonds is 5. The van der Waals surface area contributed by atoms with Crippen LogP contribution in [0, 0.1) is 5.92 Å². The normalized spacial score (nSPS) is 19.4. The van der Waals surface area contributed by atoms with Crippen molar-refractivity contribution in [2.75, 3.05) is 6.54 Å². The van der Waals surface area contributed by atoms with Gasteiger partial charge in [0.15, 0.2) is 5.82 Å². The highest BCUT2D eigenvalue weighted by atomic mass is 19.3. The van der Waals surface area contributed by atoms with Crippen molar-refractivity contribution in [2.24, 2.45) is 11.7 Å². The molecule has 1 aromatic heterocycles. The second kappa shape index (κ2) is 4.64. The highest BCUT2D eigenvalue weighted by Crippen LogP contribution is 2.41. The van der Waals surface area contributed by atoms with Crippen LogP contribution in [0.5, 0.6) is 0 Å². The summed E-state index contributed by atoms with van der Waals surface area (Å²) in [5.74, 6) is 0.304. The standard InChI is InChI=1S/C12H17F2N3/c1-12(7-15,4-8-2-3-8)9-5-16-11(10(13)14)17-6-9/h5-6,8,10H,2-4,7,15H2,1H3/t12-/m1/s1. The third-order valence-corrected chi connectivity index (χ3v) is 3.45. The van der Waals surface area contributed by atoms with Crippen molar-refractivity contribution >= 4 is 0 Å². The van der Waals surface area contributed by atoms with Crippen molar-refractivity contribution in [1.82, 2.24) is 9.97 Å². The summed E-state index contributed by atoms with van der Waals surface area (Å²) in [5.41, 5.74) is 6.47. The Hall–Kier alpha value is -1.10. The van der Waals surface area contributed by atoms with Crippen LogP contribution in [0.15, 0.2) is 12.4 Å². The minimum Gasteiger partial charge on any atom is -0.330 e. The fraction of sp³-hybridized carbons (Fsp3) is 0.667. The van der Waals surface area contributed by atoms with Gasteiger partial charge in [0.05, 0.1) is 0 Å². The summed E-state index contributed by atoms with van der Waals surface area (Å²) in [5, 5.41) is 0. The van der Waals surface area contributed by atoms with E-state index in [1.54, 1.807) is 0 Å². The van der Waals surface area contributed by atoms with Gasteiger partial charge in [0.1, 0.15) is 0 Å². The maximum atomic E-state index is 12.3. The molecule has 1 fully saturated rings. The van der Waals surface area contributed by atoms with Crippen molar-refractivity contribution in [1.29, 1.82) is 0 Å². The highest BCUT2D eigenvalue weighted by Gasteiger charge is 2.34. The van der Waals surface area contributed by atoms with Gasteiger partial charge in [0, 0.05) is 24.4 Å². The molecule has 0 saturated heterocycles. The smallest absolute Gasteiger partial charge is 0.297 e. The van der Waals surface area contributed by atoms with Crippen molar-refractivity contribution in [3.63, 3.8) is 0 Å². The summed E-state index contributed by atoms with van der Waals surface area (Å²) in [6.45, 7) is 2.53. The third-order valence-electron chi connectivity index (χ3n) is 3.45. The summed E-state index contributed by atoms with van der Waals surface area (Å²) in [6.07, 6.45) is 3.84. The van der Waals surface area contributed by atoms with Crippen LogP contribution in [-0.4, -0.2) is 16.5 Å². The minimum atomic E-state index is -2.61. The summed E-state index contributed by atoms with van der Waals surface area (Å²) in [4.78, 5) is 7.41. The molecule has 0 unspecified atom stereocenters. The molecule has 1 aliphatic rings. The summed E-state index contributed by atoms with van der Waals surface area (Å²) in [6, 6.07) is 0. The quantitative estimate of drug-likeness (QED) is 0.861. The van der Waals surface area contributed by atoms with Crippen molar-refractivity contribution in [3.8, 4) is 0 Å². The lowest BCUT2D eigenvalue weighted by Gasteiger charge is -2.28. The Balaban J connectivity index is 2.17. The van der Waals surface area contributed by atoms with Crippen LogP contribution in [0.3, 0.4) is 0 Å². The van der Waals surface area contributed by atoms with E-state index < -0.39 is 12.2 Å². The van der Waals surface area contributed by atoms with E-state index in [1.165, 1.54) is 25.2 Å². The van der Waals surface area contributed by atoms with Crippen LogP contribution in [0.25, 0.3) is 0 Å². The van der Waals surface area contributed by atoms with E-state index in [0.717, 1.165) is 17.9 Å². The lowest BCUT2D eigenvalue weighted by atomic mass is 9.79. The van der Waals surface area contributed by atoms with E-state index >= 15 is 0 Å². The number of hydrogen-bond donors (Lipinski definition) is 1. The Morgan fingerprint density at radius 3 is 2.41 bits per heavy atom. The first-order valence-electron chi connectivity index (χ1n) is 5.86. The molecule has 2 N–H and O–H groups in total. The van der Waals surface area contributed by atoms with Gasteiger partial charge in [0.2, 0.25) is 0 Å². The molecule has 3 nitrogen and oxygen atoms in total. The first-order chi connectivity index (χ1) is 8.05. The number of nitrogens with two attached hydrogens (primary N) is 1. The average molecular weight is 241 g/mol. The van der Waals surface area contributed by atoms with Gasteiger partial charge in [-0.05, 0) is 17.9 Å². The molecule has 0 radical (unpaired) electrons. The fourth-order valence-corrected chi connectivity index (χ4v) is 2.04. The van der Waals surface area contributed by atoms with Gasteiger partial charge in [-0.25, -0.2) is 18.7 Å². The highest BCUT2D eigenvalue weighted by molar-refractivity contribution is 5.20. The molecule has 5 heteroatoms. The maximum Gasteiger partial charge on any atom is 0.297 e. The van der Waals surface area contributed by atoms with Gasteiger partial charge < -0.3 is 5.73 Å². The van der Waals surface area contributed by atoms with Gasteiger partial charge in [-0.3, -0.25) is 0 Å². The van der Waals surface area contributed by atoms with Crippen LogP contribution >= 0.6 is 0 Å². The van der Waals surface area contributed by atoms with Crippen LogP contribution in [0.4, 0.5) is 8.78 Å². The molecule has 1 atom stereocenters. The summed E-state index contributed by atoms with van der Waals surface area (Å²) < 4.78 is 24.7. The van der Waals surface area contributed by atoms with Crippen molar-refractivity contribution in [3.05, 3.63) is 23.8 Å². The Kier molecular flexibility index (Phi) is 3.38. The molecule has 0 aromatic carbocycles. The molecule has 2 rings (SSSR count). The predicted octanol–water partition coefficient (Wildman–Crippen LogP) is 2.43. The van der Waals surface area contributed by atoms with Crippen LogP contribution in [-0.2, 0) is 5.41 Å². The van der Waals surface area contributed by atoms with E-state index in [4.69, 9.17) is 5.73 Å². The number of halogens is 2. The summed E-state index contributed by atoms with van der Waals surface area (Å²) >= 11 is 0. The SMILES string of the molecule is C[C@](CN)(CC1CC1)c1cnc(C(F)F)nc1. The molecule has 1 saturated carbocycles. The minimum absolute atomic E-state index is 0.193. The van der Waals surface area contributed by atoms with Crippen LogP contribution in [0.2, 0.25) is 0 Å². The Bertz CT molecular complexity index is 376. The fourth-order valence-electron chi connectivity index (χ4n) is 2.04. The zero-order valence-electron chi connectivity index (χ0n) is 9.87. The van der Waals surface area contributed by atoms with Gasteiger partial charge in [-0.1, -0.05) is 19.8 Å². The largest absolute Gasteiger partial charge is 0.330 e. The first-order valence-corrected chi connectivity index (χ1v) is 5.86. The molecule has 0 amide bonds. The zero-order chi connectivity index (χ0) is 12.5. The molecular formula is C12H17F2N3. The molecule has 94 valence electrons. The monoisotopic (exact) mass is 241 g/mol. The topological polar surface area (TPSA) is 51.8 Å². The van der Waals surface area contributed by atoms with Gasteiger partial charge >= 0.3 is 0 Å². The van der Waals surface area contributed by atoms with Crippen LogP contribution in [0.1, 0.15) is 44.0 Å². The Morgan fingerprint density at radius 2 is 2.00 bits per heavy atom. The van der Waals surface area contributed by atoms with Crippen molar-refractivity contribution in [2.45, 2.75) is 38.0 Å². The second-order valence-corrected chi connectivity index (χ2v) is 5.04. The van der Waals surface area contributed by atoms with Gasteiger partial charge in [-0.15, -0.1) is 0 Å². The van der Waals surface area contributed by atoms with E-state index in [-0.39, 0.29) is 5.41 Å². The zero-order valence-corrected chi connectivity index (χ0v) is 9.87. The number of hydrogen-bond acceptors (Lipinski definition) is 3. The van der Waals surface area contributed by atoms with E-state index in [1.807, 2.05) is 6.92 Å². The van der Waals surface area contributed by atoms with Gasteiger partial charge in [0.25, 0.3) is 6.43 Å². The second-order valence-electron chi connectivity index (χ2n) is 5.04. The van der Waals surface area contributed by atoms with E-state index in [0.29, 0.717) is 6.54 Å². The third kappa shape index (κ3) is 2.77. The number of alkyl halides is 2. The molecule has 1 aliphatic carbocycles. The maximum absolute atomic E-state index is 12.3. The predicted molar refractivity (Wildman–Crippen MR) is 60.7 cm³/mol. The Morgan fingerprint density at radius 1 is 1.41 bits per heavy atom. The molecular weight excluding hydrogens is 224 g/mol. The summed E-state index contributed by atoms with van der Waals surface area (Å²) in [7, 11) is 0. The number of aromatic nitrogens is 2. The first kappa shape index (κ1) is 12.4. The van der Waals surface area contributed by atoms with E-state index in [9.17, 15) is 8.78 Å². The molecule has 0 aliphatic heterocycles. The lowest BCUT2D eigenvalue weighted by molar-refractivity contribution is 0.140. The lowest BCUT2D eigenvalue weighted by Crippen LogP contribution is -2.32. The molecule has 0 spiro atoms. The molecule has 0 bridgehead atoms. The average Bonchev–Trinajstić information content (AvgIpc) is 3.13. The van der Waals surface area contributed by atoms with Gasteiger partial charge in [-0.2, -0.15) is 0 Å². The molecule has 1 aromatic rings. The van der Waals surface area contributed by atoms with Crippen molar-refractivity contribution < 1.29 is 8.78 Å². The Labute approximate surface area is 99.5 Å². The van der Waals surface area contributed by atoms with Crippen LogP contribution < -0.4 is 5.73 Å². The van der Waals surface area contributed by atoms with E-state index in [2.05, 4.69) is 9.97 Å². The molecule has 1 heterocycles.